The molecule has 1 fully saturated rings. The lowest BCUT2D eigenvalue weighted by molar-refractivity contribution is -0.135. The normalized spacial score (nSPS) is 14.8. The number of hydrogen-bond donors (Lipinski definition) is 0. The van der Waals surface area contributed by atoms with E-state index in [1.54, 1.807) is 9.30 Å². The maximum absolute atomic E-state index is 12.9. The second-order valence-electron chi connectivity index (χ2n) is 6.73. The zero-order chi connectivity index (χ0) is 19.0. The summed E-state index contributed by atoms with van der Waals surface area (Å²) < 4.78 is 1.64. The largest absolute Gasteiger partial charge is 0.335 e. The molecule has 138 valence electrons. The average Bonchev–Trinajstić information content (AvgIpc) is 3.08. The SMILES string of the molecule is Cc1cc(C)n2c(C(=O)N3CCN(Cc4ccccc4)C(=O)C3)nnc2n1. The predicted molar refractivity (Wildman–Crippen MR) is 98.0 cm³/mol. The summed E-state index contributed by atoms with van der Waals surface area (Å²) in [6, 6.07) is 11.7. The quantitative estimate of drug-likeness (QED) is 0.698. The molecule has 3 heterocycles. The van der Waals surface area contributed by atoms with Gasteiger partial charge in [-0.05, 0) is 25.5 Å². The first-order valence-corrected chi connectivity index (χ1v) is 8.83. The number of piperazine rings is 1. The zero-order valence-corrected chi connectivity index (χ0v) is 15.3. The fraction of sp³-hybridized carbons (Fsp3) is 0.316. The lowest BCUT2D eigenvalue weighted by Crippen LogP contribution is -2.52. The Bertz CT molecular complexity index is 1010. The highest BCUT2D eigenvalue weighted by Gasteiger charge is 2.30. The van der Waals surface area contributed by atoms with E-state index in [0.29, 0.717) is 25.4 Å². The molecule has 0 saturated carbocycles. The van der Waals surface area contributed by atoms with E-state index in [4.69, 9.17) is 0 Å². The maximum Gasteiger partial charge on any atom is 0.292 e. The molecular formula is C19H20N6O2. The fourth-order valence-corrected chi connectivity index (χ4v) is 3.36. The first kappa shape index (κ1) is 17.1. The molecule has 0 radical (unpaired) electrons. The third kappa shape index (κ3) is 3.25. The Morgan fingerprint density at radius 1 is 1.11 bits per heavy atom. The van der Waals surface area contributed by atoms with Gasteiger partial charge in [0.05, 0.1) is 0 Å². The Labute approximate surface area is 156 Å². The van der Waals surface area contributed by atoms with Crippen LogP contribution < -0.4 is 0 Å². The van der Waals surface area contributed by atoms with Gasteiger partial charge in [-0.15, -0.1) is 10.2 Å². The van der Waals surface area contributed by atoms with Gasteiger partial charge in [-0.1, -0.05) is 30.3 Å². The fourth-order valence-electron chi connectivity index (χ4n) is 3.36. The van der Waals surface area contributed by atoms with Crippen LogP contribution in [0.3, 0.4) is 0 Å². The zero-order valence-electron chi connectivity index (χ0n) is 15.3. The highest BCUT2D eigenvalue weighted by atomic mass is 16.2. The first-order chi connectivity index (χ1) is 13.0. The topological polar surface area (TPSA) is 83.7 Å². The molecule has 4 rings (SSSR count). The van der Waals surface area contributed by atoms with Crippen molar-refractivity contribution in [2.75, 3.05) is 19.6 Å². The van der Waals surface area contributed by atoms with E-state index < -0.39 is 0 Å². The van der Waals surface area contributed by atoms with Crippen molar-refractivity contribution in [3.8, 4) is 0 Å². The Hall–Kier alpha value is -3.29. The molecule has 0 atom stereocenters. The Morgan fingerprint density at radius 3 is 2.63 bits per heavy atom. The minimum absolute atomic E-state index is 0.0406. The first-order valence-electron chi connectivity index (χ1n) is 8.83. The smallest absolute Gasteiger partial charge is 0.292 e. The number of hydrogen-bond acceptors (Lipinski definition) is 5. The van der Waals surface area contributed by atoms with Crippen molar-refractivity contribution in [2.24, 2.45) is 0 Å². The average molecular weight is 364 g/mol. The van der Waals surface area contributed by atoms with Gasteiger partial charge in [-0.3, -0.25) is 14.0 Å². The van der Waals surface area contributed by atoms with Gasteiger partial charge in [-0.2, -0.15) is 0 Å². The molecule has 1 aliphatic rings. The van der Waals surface area contributed by atoms with Gasteiger partial charge in [0.15, 0.2) is 0 Å². The molecule has 0 N–H and O–H groups in total. The van der Waals surface area contributed by atoms with Crippen molar-refractivity contribution in [1.82, 2.24) is 29.4 Å². The number of aromatic nitrogens is 4. The van der Waals surface area contributed by atoms with Crippen LogP contribution in [0.25, 0.3) is 5.78 Å². The molecular weight excluding hydrogens is 344 g/mol. The number of aryl methyl sites for hydroxylation is 2. The standard InChI is InChI=1S/C19H20N6O2/c1-13-10-14(2)25-17(21-22-19(25)20-13)18(27)24-9-8-23(16(26)12-24)11-15-6-4-3-5-7-15/h3-7,10H,8-9,11-12H2,1-2H3. The number of benzene rings is 1. The minimum Gasteiger partial charge on any atom is -0.335 e. The van der Waals surface area contributed by atoms with Gasteiger partial charge >= 0.3 is 0 Å². The summed E-state index contributed by atoms with van der Waals surface area (Å²) in [7, 11) is 0. The molecule has 1 aliphatic heterocycles. The van der Waals surface area contributed by atoms with E-state index >= 15 is 0 Å². The summed E-state index contributed by atoms with van der Waals surface area (Å²) >= 11 is 0. The van der Waals surface area contributed by atoms with E-state index in [-0.39, 0.29) is 24.2 Å². The molecule has 1 aromatic carbocycles. The predicted octanol–water partition coefficient (Wildman–Crippen LogP) is 1.23. The van der Waals surface area contributed by atoms with Crippen LogP contribution in [0.5, 0.6) is 0 Å². The number of nitrogens with zero attached hydrogens (tertiary/aromatic N) is 6. The Morgan fingerprint density at radius 2 is 1.89 bits per heavy atom. The monoisotopic (exact) mass is 364 g/mol. The van der Waals surface area contributed by atoms with E-state index in [1.807, 2.05) is 50.2 Å². The van der Waals surface area contributed by atoms with Gasteiger partial charge in [0.1, 0.15) is 6.54 Å². The van der Waals surface area contributed by atoms with Crippen LogP contribution in [-0.2, 0) is 11.3 Å². The second kappa shape index (κ2) is 6.79. The van der Waals surface area contributed by atoms with Crippen LogP contribution in [-0.4, -0.2) is 60.8 Å². The molecule has 8 nitrogen and oxygen atoms in total. The summed E-state index contributed by atoms with van der Waals surface area (Å²) in [6.07, 6.45) is 0. The summed E-state index contributed by atoms with van der Waals surface area (Å²) in [5, 5.41) is 8.02. The molecule has 0 unspecified atom stereocenters. The highest BCUT2D eigenvalue weighted by molar-refractivity contribution is 5.94. The number of rotatable bonds is 3. The molecule has 2 aromatic heterocycles. The third-order valence-corrected chi connectivity index (χ3v) is 4.71. The van der Waals surface area contributed by atoms with Gasteiger partial charge < -0.3 is 9.80 Å². The van der Waals surface area contributed by atoms with E-state index in [1.165, 1.54) is 4.90 Å². The number of carbonyl (C=O) groups excluding carboxylic acids is 2. The molecule has 0 aliphatic carbocycles. The van der Waals surface area contributed by atoms with Gasteiger partial charge in [-0.25, -0.2) is 4.98 Å². The van der Waals surface area contributed by atoms with Gasteiger partial charge in [0.2, 0.25) is 11.7 Å². The van der Waals surface area contributed by atoms with Crippen molar-refractivity contribution in [3.63, 3.8) is 0 Å². The Balaban J connectivity index is 1.51. The lowest BCUT2D eigenvalue weighted by atomic mass is 10.2. The van der Waals surface area contributed by atoms with E-state index in [2.05, 4.69) is 15.2 Å². The molecule has 0 bridgehead atoms. The summed E-state index contributed by atoms with van der Waals surface area (Å²) in [4.78, 5) is 33.1. The van der Waals surface area contributed by atoms with Crippen LogP contribution in [0.1, 0.15) is 27.6 Å². The summed E-state index contributed by atoms with van der Waals surface area (Å²) in [5.74, 6) is 0.214. The highest BCUT2D eigenvalue weighted by Crippen LogP contribution is 2.14. The lowest BCUT2D eigenvalue weighted by Gasteiger charge is -2.34. The molecule has 0 spiro atoms. The second-order valence-corrected chi connectivity index (χ2v) is 6.73. The minimum atomic E-state index is -0.302. The van der Waals surface area contributed by atoms with Crippen molar-refractivity contribution >= 4 is 17.6 Å². The van der Waals surface area contributed by atoms with Crippen LogP contribution in [0.2, 0.25) is 0 Å². The van der Waals surface area contributed by atoms with Crippen LogP contribution >= 0.6 is 0 Å². The molecule has 8 heteroatoms. The molecule has 2 amide bonds. The third-order valence-electron chi connectivity index (χ3n) is 4.71. The van der Waals surface area contributed by atoms with Crippen molar-refractivity contribution in [2.45, 2.75) is 20.4 Å². The number of amides is 2. The van der Waals surface area contributed by atoms with Crippen molar-refractivity contribution in [1.29, 1.82) is 0 Å². The Kier molecular flexibility index (Phi) is 4.31. The summed E-state index contributed by atoms with van der Waals surface area (Å²) in [5.41, 5.74) is 2.72. The van der Waals surface area contributed by atoms with Gasteiger partial charge in [0.25, 0.3) is 11.7 Å². The van der Waals surface area contributed by atoms with Gasteiger partial charge in [0, 0.05) is 31.0 Å². The molecule has 3 aromatic rings. The van der Waals surface area contributed by atoms with E-state index in [0.717, 1.165) is 17.0 Å². The summed E-state index contributed by atoms with van der Waals surface area (Å²) in [6.45, 7) is 5.30. The van der Waals surface area contributed by atoms with E-state index in [9.17, 15) is 9.59 Å². The van der Waals surface area contributed by atoms with Crippen LogP contribution in [0.4, 0.5) is 0 Å². The van der Waals surface area contributed by atoms with Crippen LogP contribution in [0.15, 0.2) is 36.4 Å². The van der Waals surface area contributed by atoms with Crippen molar-refractivity contribution in [3.05, 3.63) is 59.2 Å². The molecule has 27 heavy (non-hydrogen) atoms. The number of carbonyl (C=O) groups is 2. The number of fused-ring (bicyclic) bond motifs is 1. The maximum atomic E-state index is 12.9. The van der Waals surface area contributed by atoms with Crippen LogP contribution in [0, 0.1) is 13.8 Å². The van der Waals surface area contributed by atoms with Crippen molar-refractivity contribution < 1.29 is 9.59 Å². The molecule has 1 saturated heterocycles.